The fourth-order valence-corrected chi connectivity index (χ4v) is 2.20. The molecule has 0 aliphatic carbocycles. The summed E-state index contributed by atoms with van der Waals surface area (Å²) >= 11 is 9.51. The van der Waals surface area contributed by atoms with Crippen LogP contribution in [0, 0.1) is 0 Å². The van der Waals surface area contributed by atoms with Crippen LogP contribution in [0.15, 0.2) is 16.6 Å². The summed E-state index contributed by atoms with van der Waals surface area (Å²) in [4.78, 5) is 0. The average Bonchev–Trinajstić information content (AvgIpc) is 2.09. The zero-order valence-corrected chi connectivity index (χ0v) is 11.3. The summed E-state index contributed by atoms with van der Waals surface area (Å²) in [6.07, 6.45) is 0. The van der Waals surface area contributed by atoms with Gasteiger partial charge in [0.15, 0.2) is 0 Å². The second-order valence-electron chi connectivity index (χ2n) is 3.91. The van der Waals surface area contributed by atoms with Crippen LogP contribution in [-0.2, 0) is 16.9 Å². The van der Waals surface area contributed by atoms with Crippen molar-refractivity contribution in [2.24, 2.45) is 0 Å². The lowest BCUT2D eigenvalue weighted by molar-refractivity contribution is 0.0784. The summed E-state index contributed by atoms with van der Waals surface area (Å²) in [5, 5.41) is 10.4. The van der Waals surface area contributed by atoms with E-state index in [2.05, 4.69) is 15.9 Å². The molecule has 0 amide bonds. The van der Waals surface area contributed by atoms with Gasteiger partial charge in [-0.15, -0.1) is 0 Å². The second-order valence-corrected chi connectivity index (χ2v) is 5.17. The Hall–Kier alpha value is -0.0900. The maximum Gasteiger partial charge on any atom is 0.0841 e. The van der Waals surface area contributed by atoms with E-state index in [0.717, 1.165) is 15.6 Å². The molecule has 0 saturated carbocycles. The first-order valence-corrected chi connectivity index (χ1v) is 5.73. The molecule has 0 spiro atoms. The van der Waals surface area contributed by atoms with Crippen molar-refractivity contribution in [1.82, 2.24) is 0 Å². The third-order valence-corrected chi connectivity index (χ3v) is 3.18. The molecule has 4 heteroatoms. The van der Waals surface area contributed by atoms with Gasteiger partial charge in [0, 0.05) is 22.2 Å². The van der Waals surface area contributed by atoms with Crippen LogP contribution in [0.3, 0.4) is 0 Å². The summed E-state index contributed by atoms with van der Waals surface area (Å²) in [7, 11) is 1.62. The third kappa shape index (κ3) is 3.18. The van der Waals surface area contributed by atoms with Gasteiger partial charge in [-0.05, 0) is 31.5 Å². The van der Waals surface area contributed by atoms with E-state index in [-0.39, 0.29) is 0 Å². The van der Waals surface area contributed by atoms with Crippen molar-refractivity contribution in [2.75, 3.05) is 7.11 Å². The summed E-state index contributed by atoms with van der Waals surface area (Å²) in [6.45, 7) is 3.90. The fourth-order valence-electron chi connectivity index (χ4n) is 1.24. The van der Waals surface area contributed by atoms with Crippen molar-refractivity contribution in [3.63, 3.8) is 0 Å². The van der Waals surface area contributed by atoms with Gasteiger partial charge in [0.1, 0.15) is 0 Å². The van der Waals surface area contributed by atoms with E-state index in [1.807, 2.05) is 6.07 Å². The molecular weight excluding hydrogens is 279 g/mol. The quantitative estimate of drug-likeness (QED) is 0.924. The Morgan fingerprint density at radius 1 is 1.47 bits per heavy atom. The highest BCUT2D eigenvalue weighted by Crippen LogP contribution is 2.32. The average molecular weight is 294 g/mol. The monoisotopic (exact) mass is 292 g/mol. The van der Waals surface area contributed by atoms with Crippen LogP contribution in [0.2, 0.25) is 5.02 Å². The van der Waals surface area contributed by atoms with E-state index >= 15 is 0 Å². The minimum atomic E-state index is -0.891. The Balaban J connectivity index is 3.19. The molecule has 0 aliphatic heterocycles. The number of halogens is 2. The minimum absolute atomic E-state index is 0.450. The van der Waals surface area contributed by atoms with Crippen LogP contribution in [0.4, 0.5) is 0 Å². The Morgan fingerprint density at radius 2 is 2.07 bits per heavy atom. The van der Waals surface area contributed by atoms with Gasteiger partial charge >= 0.3 is 0 Å². The van der Waals surface area contributed by atoms with E-state index < -0.39 is 5.60 Å². The summed E-state index contributed by atoms with van der Waals surface area (Å²) in [5.74, 6) is 0. The molecule has 0 fully saturated rings. The van der Waals surface area contributed by atoms with Gasteiger partial charge in [0.25, 0.3) is 0 Å². The molecule has 1 aromatic carbocycles. The number of rotatable bonds is 3. The Morgan fingerprint density at radius 3 is 2.47 bits per heavy atom. The molecule has 1 rings (SSSR count). The van der Waals surface area contributed by atoms with E-state index in [4.69, 9.17) is 16.3 Å². The molecule has 1 aromatic rings. The predicted octanol–water partition coefficient (Wildman–Crippen LogP) is 3.48. The maximum atomic E-state index is 9.85. The number of hydrogen-bond donors (Lipinski definition) is 1. The number of hydrogen-bond acceptors (Lipinski definition) is 2. The van der Waals surface area contributed by atoms with Crippen molar-refractivity contribution >= 4 is 27.5 Å². The van der Waals surface area contributed by atoms with Crippen molar-refractivity contribution in [2.45, 2.75) is 26.1 Å². The first-order chi connectivity index (χ1) is 6.86. The van der Waals surface area contributed by atoms with Gasteiger partial charge < -0.3 is 9.84 Å². The number of methoxy groups -OCH3 is 1. The SMILES string of the molecule is COCc1c(Cl)cc(C(C)(C)O)cc1Br. The molecule has 0 bridgehead atoms. The standard InChI is InChI=1S/C11H14BrClO2/c1-11(2,14)7-4-9(12)8(6-15-3)10(13)5-7/h4-5,14H,6H2,1-3H3. The van der Waals surface area contributed by atoms with Crippen LogP contribution < -0.4 is 0 Å². The predicted molar refractivity (Wildman–Crippen MR) is 65.1 cm³/mol. The molecule has 0 aliphatic rings. The van der Waals surface area contributed by atoms with Crippen LogP contribution in [0.5, 0.6) is 0 Å². The van der Waals surface area contributed by atoms with Gasteiger partial charge in [0.2, 0.25) is 0 Å². The molecule has 0 saturated heterocycles. The fraction of sp³-hybridized carbons (Fsp3) is 0.455. The lowest BCUT2D eigenvalue weighted by Crippen LogP contribution is -2.15. The maximum absolute atomic E-state index is 9.85. The zero-order valence-electron chi connectivity index (χ0n) is 8.97. The van der Waals surface area contributed by atoms with Crippen LogP contribution in [0.1, 0.15) is 25.0 Å². The van der Waals surface area contributed by atoms with Gasteiger partial charge in [0.05, 0.1) is 12.2 Å². The molecule has 0 aromatic heterocycles. The Kier molecular flexibility index (Phi) is 4.18. The molecule has 15 heavy (non-hydrogen) atoms. The smallest absolute Gasteiger partial charge is 0.0841 e. The van der Waals surface area contributed by atoms with E-state index in [1.54, 1.807) is 27.0 Å². The van der Waals surface area contributed by atoms with E-state index in [0.29, 0.717) is 11.6 Å². The summed E-state index contributed by atoms with van der Waals surface area (Å²) in [5.41, 5.74) is 0.781. The van der Waals surface area contributed by atoms with Crippen LogP contribution >= 0.6 is 27.5 Å². The molecule has 0 heterocycles. The van der Waals surface area contributed by atoms with Gasteiger partial charge in [-0.2, -0.15) is 0 Å². The first-order valence-electron chi connectivity index (χ1n) is 4.56. The van der Waals surface area contributed by atoms with E-state index in [9.17, 15) is 5.11 Å². The van der Waals surface area contributed by atoms with Crippen LogP contribution in [-0.4, -0.2) is 12.2 Å². The number of ether oxygens (including phenoxy) is 1. The van der Waals surface area contributed by atoms with Gasteiger partial charge in [-0.1, -0.05) is 27.5 Å². The summed E-state index contributed by atoms with van der Waals surface area (Å²) < 4.78 is 5.89. The van der Waals surface area contributed by atoms with Crippen molar-refractivity contribution in [1.29, 1.82) is 0 Å². The second kappa shape index (κ2) is 4.83. The molecule has 2 nitrogen and oxygen atoms in total. The zero-order chi connectivity index (χ0) is 11.6. The van der Waals surface area contributed by atoms with Crippen molar-refractivity contribution < 1.29 is 9.84 Å². The molecule has 1 N–H and O–H groups in total. The molecule has 0 atom stereocenters. The highest BCUT2D eigenvalue weighted by atomic mass is 79.9. The number of benzene rings is 1. The Labute approximate surface area is 103 Å². The minimum Gasteiger partial charge on any atom is -0.386 e. The van der Waals surface area contributed by atoms with Gasteiger partial charge in [-0.3, -0.25) is 0 Å². The Bertz CT molecular complexity index is 335. The van der Waals surface area contributed by atoms with Crippen molar-refractivity contribution in [3.05, 3.63) is 32.8 Å². The third-order valence-electron chi connectivity index (χ3n) is 2.14. The van der Waals surface area contributed by atoms with E-state index in [1.165, 1.54) is 0 Å². The lowest BCUT2D eigenvalue weighted by atomic mass is 9.97. The van der Waals surface area contributed by atoms with Crippen LogP contribution in [0.25, 0.3) is 0 Å². The highest BCUT2D eigenvalue weighted by Gasteiger charge is 2.19. The highest BCUT2D eigenvalue weighted by molar-refractivity contribution is 9.10. The topological polar surface area (TPSA) is 29.5 Å². The molecule has 84 valence electrons. The van der Waals surface area contributed by atoms with Gasteiger partial charge in [-0.25, -0.2) is 0 Å². The molecule has 0 radical (unpaired) electrons. The molecular formula is C11H14BrClO2. The number of aliphatic hydroxyl groups is 1. The summed E-state index contributed by atoms with van der Waals surface area (Å²) in [6, 6.07) is 3.63. The molecule has 0 unspecified atom stereocenters. The first kappa shape index (κ1) is 13.0. The largest absolute Gasteiger partial charge is 0.386 e. The lowest BCUT2D eigenvalue weighted by Gasteiger charge is -2.19. The van der Waals surface area contributed by atoms with Crippen molar-refractivity contribution in [3.8, 4) is 0 Å². The normalized spacial score (nSPS) is 11.9.